The van der Waals surface area contributed by atoms with Gasteiger partial charge < -0.3 is 14.2 Å². The van der Waals surface area contributed by atoms with Gasteiger partial charge in [-0.1, -0.05) is 0 Å². The normalized spacial score (nSPS) is 27.4. The number of ether oxygens (including phenoxy) is 3. The zero-order valence-electron chi connectivity index (χ0n) is 6.57. The lowest BCUT2D eigenvalue weighted by Gasteiger charge is -2.20. The summed E-state index contributed by atoms with van der Waals surface area (Å²) in [4.78, 5) is 10.8. The zero-order valence-corrected chi connectivity index (χ0v) is 6.57. The highest BCUT2D eigenvalue weighted by atomic mass is 16.8. The second-order valence-corrected chi connectivity index (χ2v) is 2.49. The Kier molecular flexibility index (Phi) is 1.71. The van der Waals surface area contributed by atoms with E-state index in [-0.39, 0.29) is 5.97 Å². The molecule has 0 aromatic carbocycles. The Hall–Kier alpha value is -1.13. The van der Waals surface area contributed by atoms with Gasteiger partial charge in [0.1, 0.15) is 5.76 Å². The zero-order chi connectivity index (χ0) is 8.55. The van der Waals surface area contributed by atoms with E-state index in [0.29, 0.717) is 17.9 Å². The maximum atomic E-state index is 10.8. The molecule has 0 saturated heterocycles. The lowest BCUT2D eigenvalue weighted by molar-refractivity contribution is -0.132. The molecule has 0 spiro atoms. The predicted molar refractivity (Wildman–Crippen MR) is 39.0 cm³/mol. The molecule has 0 aromatic heterocycles. The highest BCUT2D eigenvalue weighted by Crippen LogP contribution is 2.27. The fraction of sp³-hybridized carbons (Fsp3) is 0.375. The molecule has 2 aliphatic rings. The van der Waals surface area contributed by atoms with Crippen LogP contribution in [0.3, 0.4) is 0 Å². The first-order valence-corrected chi connectivity index (χ1v) is 3.59. The first kappa shape index (κ1) is 7.52. The van der Waals surface area contributed by atoms with Crippen LogP contribution in [0.2, 0.25) is 0 Å². The molecular weight excluding hydrogens is 163 g/mol. The quantitative estimate of drug-likeness (QED) is 0.422. The van der Waals surface area contributed by atoms with E-state index in [1.807, 2.05) is 0 Å². The Morgan fingerprint density at radius 3 is 3.25 bits per heavy atom. The lowest BCUT2D eigenvalue weighted by Crippen LogP contribution is -2.22. The molecule has 2 rings (SSSR count). The van der Waals surface area contributed by atoms with Gasteiger partial charge in [0.15, 0.2) is 6.29 Å². The van der Waals surface area contributed by atoms with Crippen molar-refractivity contribution < 1.29 is 19.0 Å². The average molecular weight is 171 g/mol. The molecule has 0 amide bonds. The number of methoxy groups -OCH3 is 1. The second-order valence-electron chi connectivity index (χ2n) is 2.49. The Labute approximate surface area is 69.4 Å². The van der Waals surface area contributed by atoms with Gasteiger partial charge >= 0.3 is 5.97 Å². The van der Waals surface area contributed by atoms with Gasteiger partial charge in [0.05, 0.1) is 12.2 Å². The van der Waals surface area contributed by atoms with Crippen LogP contribution in [0.5, 0.6) is 0 Å². The maximum Gasteiger partial charge on any atom is 0.336 e. The number of esters is 1. The van der Waals surface area contributed by atoms with Crippen LogP contribution in [0.4, 0.5) is 0 Å². The van der Waals surface area contributed by atoms with Crippen molar-refractivity contribution in [2.45, 2.75) is 6.29 Å². The number of fused-ring (bicyclic) bond motifs is 1. The van der Waals surface area contributed by atoms with Crippen molar-refractivity contribution in [1.29, 1.82) is 0 Å². The molecule has 0 radical (unpaired) electrons. The lowest BCUT2D eigenvalue weighted by atomic mass is 10.3. The fourth-order valence-electron chi connectivity index (χ4n) is 1.23. The molecule has 12 heavy (non-hydrogen) atoms. The molecule has 2 heterocycles. The summed E-state index contributed by atoms with van der Waals surface area (Å²) in [5.41, 5.74) is 0.675. The Bertz CT molecular complexity index is 277. The predicted octanol–water partition coefficient (Wildman–Crippen LogP) is 0.356. The van der Waals surface area contributed by atoms with Gasteiger partial charge in [0.25, 0.3) is 0 Å². The van der Waals surface area contributed by atoms with Gasteiger partial charge in [-0.15, -0.1) is 0 Å². The molecular formula is C8H8O4. The summed E-state index contributed by atoms with van der Waals surface area (Å²) in [6, 6.07) is 0. The van der Waals surface area contributed by atoms with E-state index >= 15 is 0 Å². The van der Waals surface area contributed by atoms with E-state index in [1.165, 1.54) is 13.2 Å². The van der Waals surface area contributed by atoms with Gasteiger partial charge in [0, 0.05) is 13.2 Å². The van der Waals surface area contributed by atoms with Crippen LogP contribution in [0.15, 0.2) is 23.5 Å². The molecule has 0 saturated carbocycles. The summed E-state index contributed by atoms with van der Waals surface area (Å²) in [5, 5.41) is 0. The van der Waals surface area contributed by atoms with E-state index in [9.17, 15) is 4.79 Å². The smallest absolute Gasteiger partial charge is 0.336 e. The summed E-state index contributed by atoms with van der Waals surface area (Å²) >= 11 is 0. The van der Waals surface area contributed by atoms with Crippen LogP contribution < -0.4 is 0 Å². The minimum absolute atomic E-state index is 0.358. The molecule has 0 bridgehead atoms. The summed E-state index contributed by atoms with van der Waals surface area (Å²) in [6.07, 6.45) is 2.64. The average Bonchev–Trinajstić information content (AvgIpc) is 2.44. The van der Waals surface area contributed by atoms with Crippen molar-refractivity contribution in [3.05, 3.63) is 23.5 Å². The first-order valence-electron chi connectivity index (χ1n) is 3.59. The standard InChI is InChI=1S/C8H8O4/c1-10-8-5-4-7(9)12-6(5)2-3-11-8/h2,4,8H,3H2,1H3/i4+1,7+1,8+1. The minimum Gasteiger partial charge on any atom is -0.423 e. The Morgan fingerprint density at radius 1 is 1.67 bits per heavy atom. The van der Waals surface area contributed by atoms with Crippen molar-refractivity contribution in [3.8, 4) is 0 Å². The Morgan fingerprint density at radius 2 is 2.50 bits per heavy atom. The van der Waals surface area contributed by atoms with Crippen molar-refractivity contribution in [2.75, 3.05) is 13.7 Å². The third-order valence-electron chi connectivity index (χ3n) is 1.75. The highest BCUT2D eigenvalue weighted by Gasteiger charge is 2.30. The third kappa shape index (κ3) is 1.05. The molecule has 0 aromatic rings. The molecule has 1 atom stereocenters. The molecule has 0 aliphatic carbocycles. The fourth-order valence-corrected chi connectivity index (χ4v) is 1.23. The first-order chi connectivity index (χ1) is 5.81. The number of hydrogen-bond acceptors (Lipinski definition) is 4. The number of hydrogen-bond donors (Lipinski definition) is 0. The third-order valence-corrected chi connectivity index (χ3v) is 1.75. The van der Waals surface area contributed by atoms with E-state index in [0.717, 1.165) is 0 Å². The summed E-state index contributed by atoms with van der Waals surface area (Å²) in [6.45, 7) is 0.415. The van der Waals surface area contributed by atoms with Crippen LogP contribution in [-0.4, -0.2) is 26.0 Å². The van der Waals surface area contributed by atoms with Crippen LogP contribution in [-0.2, 0) is 19.0 Å². The molecule has 64 valence electrons. The van der Waals surface area contributed by atoms with Crippen LogP contribution in [0, 0.1) is 0 Å². The number of carbonyl (C=O) groups excluding carboxylic acids is 1. The highest BCUT2D eigenvalue weighted by molar-refractivity contribution is 5.88. The van der Waals surface area contributed by atoms with Crippen molar-refractivity contribution in [3.63, 3.8) is 0 Å². The van der Waals surface area contributed by atoms with Gasteiger partial charge in [0.2, 0.25) is 0 Å². The number of carbonyl (C=O) groups is 1. The van der Waals surface area contributed by atoms with Crippen molar-refractivity contribution >= 4 is 5.97 Å². The van der Waals surface area contributed by atoms with E-state index < -0.39 is 6.29 Å². The number of rotatable bonds is 1. The molecule has 4 nitrogen and oxygen atoms in total. The summed E-state index contributed by atoms with van der Waals surface area (Å²) in [5.74, 6) is 0.210. The van der Waals surface area contributed by atoms with E-state index in [1.54, 1.807) is 6.08 Å². The molecule has 4 heteroatoms. The largest absolute Gasteiger partial charge is 0.423 e. The van der Waals surface area contributed by atoms with Crippen LogP contribution in [0.1, 0.15) is 0 Å². The van der Waals surface area contributed by atoms with Gasteiger partial charge in [-0.3, -0.25) is 0 Å². The SMILES string of the molecule is CO[13CH]1OCC=C2O[13C](=O)[13CH]=C21. The second kappa shape index (κ2) is 2.73. The summed E-state index contributed by atoms with van der Waals surface area (Å²) < 4.78 is 15.0. The van der Waals surface area contributed by atoms with Crippen LogP contribution >= 0.6 is 0 Å². The maximum absolute atomic E-state index is 10.8. The van der Waals surface area contributed by atoms with Gasteiger partial charge in [-0.05, 0) is 6.08 Å². The monoisotopic (exact) mass is 171 g/mol. The van der Waals surface area contributed by atoms with Crippen molar-refractivity contribution in [2.24, 2.45) is 0 Å². The van der Waals surface area contributed by atoms with Crippen LogP contribution in [0.25, 0.3) is 0 Å². The minimum atomic E-state index is -0.462. The topological polar surface area (TPSA) is 44.8 Å². The molecule has 0 N–H and O–H groups in total. The van der Waals surface area contributed by atoms with Gasteiger partial charge in [-0.25, -0.2) is 4.79 Å². The van der Waals surface area contributed by atoms with E-state index in [2.05, 4.69) is 0 Å². The van der Waals surface area contributed by atoms with Gasteiger partial charge in [-0.2, -0.15) is 0 Å². The molecule has 2 aliphatic heterocycles. The molecule has 0 fully saturated rings. The molecule has 1 unspecified atom stereocenters. The van der Waals surface area contributed by atoms with Crippen molar-refractivity contribution in [1.82, 2.24) is 0 Å². The summed E-state index contributed by atoms with van der Waals surface area (Å²) in [7, 11) is 1.53. The van der Waals surface area contributed by atoms with E-state index in [4.69, 9.17) is 14.2 Å². The Balaban J connectivity index is 2.31.